The summed E-state index contributed by atoms with van der Waals surface area (Å²) < 4.78 is 29.0. The summed E-state index contributed by atoms with van der Waals surface area (Å²) in [5.74, 6) is 0.840. The Morgan fingerprint density at radius 1 is 1.44 bits per heavy atom. The van der Waals surface area contributed by atoms with Gasteiger partial charge >= 0.3 is 0 Å². The van der Waals surface area contributed by atoms with Gasteiger partial charge in [0.2, 0.25) is 0 Å². The fourth-order valence-electron chi connectivity index (χ4n) is 2.95. The molecule has 0 bridgehead atoms. The van der Waals surface area contributed by atoms with Crippen molar-refractivity contribution >= 4 is 27.1 Å². The third kappa shape index (κ3) is 4.07. The van der Waals surface area contributed by atoms with Crippen LogP contribution in [0.4, 0.5) is 5.82 Å². The molecule has 10 heteroatoms. The molecule has 134 valence electrons. The van der Waals surface area contributed by atoms with Gasteiger partial charge in [-0.2, -0.15) is 18.4 Å². The summed E-state index contributed by atoms with van der Waals surface area (Å²) in [5, 5.41) is 9.41. The molecule has 0 spiro atoms. The molecule has 3 rings (SSSR count). The fraction of sp³-hybridized carbons (Fsp3) is 0.533. The zero-order valence-corrected chi connectivity index (χ0v) is 14.8. The van der Waals surface area contributed by atoms with Crippen molar-refractivity contribution < 1.29 is 8.42 Å². The van der Waals surface area contributed by atoms with E-state index in [2.05, 4.69) is 29.3 Å². The number of unbranched alkanes of at least 4 members (excludes halogenated alkanes) is 1. The zero-order chi connectivity index (χ0) is 17.9. The molecule has 0 aliphatic heterocycles. The molecule has 9 nitrogen and oxygen atoms in total. The van der Waals surface area contributed by atoms with Gasteiger partial charge in [0.25, 0.3) is 10.2 Å². The Bertz CT molecular complexity index is 867. The Labute approximate surface area is 146 Å². The Hall–Kier alpha value is -2.22. The second kappa shape index (κ2) is 7.35. The van der Waals surface area contributed by atoms with E-state index in [1.807, 2.05) is 25.4 Å². The van der Waals surface area contributed by atoms with Crippen LogP contribution in [-0.2, 0) is 10.2 Å². The van der Waals surface area contributed by atoms with Gasteiger partial charge in [0.1, 0.15) is 17.8 Å². The van der Waals surface area contributed by atoms with Crippen LogP contribution in [0.5, 0.6) is 0 Å². The van der Waals surface area contributed by atoms with E-state index < -0.39 is 10.2 Å². The zero-order valence-electron chi connectivity index (χ0n) is 13.9. The van der Waals surface area contributed by atoms with Crippen LogP contribution >= 0.6 is 0 Å². The number of rotatable bonds is 8. The SMILES string of the molecule is CN(c1ncnc2[nH]ccc12)C1CC(NS(=O)(=O)NCCCC#N)C1. The van der Waals surface area contributed by atoms with Crippen molar-refractivity contribution in [3.8, 4) is 6.07 Å². The lowest BCUT2D eigenvalue weighted by Gasteiger charge is -2.41. The summed E-state index contributed by atoms with van der Waals surface area (Å²) in [6, 6.07) is 4.05. The topological polar surface area (TPSA) is 127 Å². The molecule has 0 atom stereocenters. The minimum atomic E-state index is -3.52. The molecule has 2 aromatic rings. The Kier molecular flexibility index (Phi) is 5.17. The predicted octanol–water partition coefficient (Wildman–Crippen LogP) is 0.653. The molecule has 1 fully saturated rings. The molecule has 0 radical (unpaired) electrons. The van der Waals surface area contributed by atoms with Crippen LogP contribution in [0.2, 0.25) is 0 Å². The number of anilines is 1. The minimum absolute atomic E-state index is 0.0931. The van der Waals surface area contributed by atoms with Crippen LogP contribution in [-0.4, -0.2) is 49.0 Å². The number of hydrogen-bond donors (Lipinski definition) is 3. The highest BCUT2D eigenvalue weighted by atomic mass is 32.2. The summed E-state index contributed by atoms with van der Waals surface area (Å²) in [6.45, 7) is 0.269. The van der Waals surface area contributed by atoms with Crippen LogP contribution in [0, 0.1) is 11.3 Å². The van der Waals surface area contributed by atoms with Crippen LogP contribution in [0.15, 0.2) is 18.6 Å². The van der Waals surface area contributed by atoms with Crippen molar-refractivity contribution in [2.45, 2.75) is 37.8 Å². The number of nitrogens with zero attached hydrogens (tertiary/aromatic N) is 4. The molecule has 25 heavy (non-hydrogen) atoms. The van der Waals surface area contributed by atoms with E-state index in [0.717, 1.165) is 16.9 Å². The molecular weight excluding hydrogens is 342 g/mol. The first-order valence-corrected chi connectivity index (χ1v) is 9.63. The molecular formula is C15H21N7O2S. The third-order valence-electron chi connectivity index (χ3n) is 4.41. The molecule has 2 aromatic heterocycles. The second-order valence-corrected chi connectivity index (χ2v) is 7.68. The standard InChI is InChI=1S/C15H21N7O2S/c1-22(15-13-4-7-17-14(13)18-10-19-15)12-8-11(9-12)21-25(23,24)20-6-3-2-5-16/h4,7,10-12,20-21H,2-3,6,8-9H2,1H3,(H,17,18,19). The quantitative estimate of drug-likeness (QED) is 0.591. The Morgan fingerprint density at radius 3 is 3.00 bits per heavy atom. The molecule has 1 saturated carbocycles. The summed E-state index contributed by atoms with van der Waals surface area (Å²) in [4.78, 5) is 13.7. The molecule has 0 unspecified atom stereocenters. The van der Waals surface area contributed by atoms with Crippen molar-refractivity contribution in [1.82, 2.24) is 24.4 Å². The number of nitriles is 1. The van der Waals surface area contributed by atoms with Gasteiger partial charge in [0.15, 0.2) is 0 Å². The Morgan fingerprint density at radius 2 is 2.24 bits per heavy atom. The average Bonchev–Trinajstić information content (AvgIpc) is 3.02. The first-order valence-electron chi connectivity index (χ1n) is 8.15. The minimum Gasteiger partial charge on any atom is -0.356 e. The number of nitrogens with one attached hydrogen (secondary N) is 3. The highest BCUT2D eigenvalue weighted by molar-refractivity contribution is 7.87. The van der Waals surface area contributed by atoms with Gasteiger partial charge in [-0.1, -0.05) is 0 Å². The van der Waals surface area contributed by atoms with Gasteiger partial charge in [0, 0.05) is 38.3 Å². The number of aromatic amines is 1. The van der Waals surface area contributed by atoms with Gasteiger partial charge < -0.3 is 9.88 Å². The van der Waals surface area contributed by atoms with E-state index in [0.29, 0.717) is 25.7 Å². The molecule has 2 heterocycles. The van der Waals surface area contributed by atoms with Crippen molar-refractivity contribution in [1.29, 1.82) is 5.26 Å². The van der Waals surface area contributed by atoms with Gasteiger partial charge in [-0.15, -0.1) is 0 Å². The number of aromatic nitrogens is 3. The smallest absolute Gasteiger partial charge is 0.277 e. The summed E-state index contributed by atoms with van der Waals surface area (Å²) in [5.41, 5.74) is 0.787. The molecule has 3 N–H and O–H groups in total. The van der Waals surface area contributed by atoms with E-state index >= 15 is 0 Å². The lowest BCUT2D eigenvalue weighted by molar-refractivity contribution is 0.315. The van der Waals surface area contributed by atoms with Crippen molar-refractivity contribution in [3.63, 3.8) is 0 Å². The van der Waals surface area contributed by atoms with Crippen molar-refractivity contribution in [2.75, 3.05) is 18.5 Å². The lowest BCUT2D eigenvalue weighted by atomic mass is 9.86. The van der Waals surface area contributed by atoms with E-state index in [9.17, 15) is 8.42 Å². The second-order valence-electron chi connectivity index (χ2n) is 6.15. The van der Waals surface area contributed by atoms with Crippen LogP contribution < -0.4 is 14.3 Å². The summed E-state index contributed by atoms with van der Waals surface area (Å²) in [6.07, 6.45) is 5.62. The molecule has 1 aliphatic rings. The fourth-order valence-corrected chi connectivity index (χ4v) is 4.08. The lowest BCUT2D eigenvalue weighted by Crippen LogP contribution is -2.55. The highest BCUT2D eigenvalue weighted by Gasteiger charge is 2.35. The largest absolute Gasteiger partial charge is 0.356 e. The third-order valence-corrected chi connectivity index (χ3v) is 5.63. The van der Waals surface area contributed by atoms with E-state index in [1.165, 1.54) is 6.33 Å². The highest BCUT2D eigenvalue weighted by Crippen LogP contribution is 2.31. The number of hydrogen-bond acceptors (Lipinski definition) is 6. The van der Waals surface area contributed by atoms with Gasteiger partial charge in [0.05, 0.1) is 11.5 Å². The monoisotopic (exact) mass is 363 g/mol. The summed E-state index contributed by atoms with van der Waals surface area (Å²) >= 11 is 0. The van der Waals surface area contributed by atoms with E-state index in [4.69, 9.17) is 5.26 Å². The van der Waals surface area contributed by atoms with Crippen molar-refractivity contribution in [2.24, 2.45) is 0 Å². The van der Waals surface area contributed by atoms with E-state index in [1.54, 1.807) is 0 Å². The Balaban J connectivity index is 1.52. The van der Waals surface area contributed by atoms with Gasteiger partial charge in [-0.05, 0) is 25.3 Å². The number of H-pyrrole nitrogens is 1. The summed E-state index contributed by atoms with van der Waals surface area (Å²) in [7, 11) is -1.56. The van der Waals surface area contributed by atoms with Crippen LogP contribution in [0.1, 0.15) is 25.7 Å². The average molecular weight is 363 g/mol. The molecule has 0 amide bonds. The van der Waals surface area contributed by atoms with E-state index in [-0.39, 0.29) is 18.6 Å². The van der Waals surface area contributed by atoms with Crippen LogP contribution in [0.25, 0.3) is 11.0 Å². The maximum Gasteiger partial charge on any atom is 0.277 e. The van der Waals surface area contributed by atoms with Gasteiger partial charge in [-0.25, -0.2) is 14.7 Å². The molecule has 0 saturated heterocycles. The normalized spacial score (nSPS) is 20.2. The first-order chi connectivity index (χ1) is 12.0. The number of fused-ring (bicyclic) bond motifs is 1. The maximum atomic E-state index is 11.9. The first kappa shape index (κ1) is 17.6. The van der Waals surface area contributed by atoms with Crippen LogP contribution in [0.3, 0.4) is 0 Å². The molecule has 0 aromatic carbocycles. The van der Waals surface area contributed by atoms with Crippen molar-refractivity contribution in [3.05, 3.63) is 18.6 Å². The molecule has 1 aliphatic carbocycles. The predicted molar refractivity (Wildman–Crippen MR) is 94.0 cm³/mol. The maximum absolute atomic E-state index is 11.9. The van der Waals surface area contributed by atoms with Gasteiger partial charge in [-0.3, -0.25) is 0 Å².